The molecular formula is C22H36N4O4S. The Bertz CT molecular complexity index is 688. The van der Waals surface area contributed by atoms with Gasteiger partial charge in [-0.2, -0.15) is 0 Å². The molecule has 1 aliphatic rings. The zero-order chi connectivity index (χ0) is 22.6. The third-order valence-electron chi connectivity index (χ3n) is 5.71. The number of aliphatic hydroxyl groups excluding tert-OH is 1. The van der Waals surface area contributed by atoms with E-state index < -0.39 is 12.1 Å². The van der Waals surface area contributed by atoms with Gasteiger partial charge in [0.25, 0.3) is 5.91 Å². The van der Waals surface area contributed by atoms with E-state index in [9.17, 15) is 19.5 Å². The van der Waals surface area contributed by atoms with Crippen molar-refractivity contribution in [3.63, 3.8) is 0 Å². The molecule has 8 nitrogen and oxygen atoms in total. The molecule has 1 aromatic heterocycles. The Balaban J connectivity index is 1.74. The molecule has 6 N–H and O–H groups in total. The number of aliphatic hydroxyl groups is 1. The van der Waals surface area contributed by atoms with Crippen molar-refractivity contribution in [1.82, 2.24) is 16.0 Å². The molecule has 0 aromatic carbocycles. The molecule has 1 aromatic rings. The van der Waals surface area contributed by atoms with E-state index in [-0.39, 0.29) is 30.2 Å². The van der Waals surface area contributed by atoms with Crippen LogP contribution in [0.4, 0.5) is 0 Å². The van der Waals surface area contributed by atoms with Crippen LogP contribution in [0.3, 0.4) is 0 Å². The molecule has 31 heavy (non-hydrogen) atoms. The molecule has 0 bridgehead atoms. The summed E-state index contributed by atoms with van der Waals surface area (Å²) in [6.45, 7) is 2.97. The molecular weight excluding hydrogens is 416 g/mol. The molecule has 1 saturated carbocycles. The maximum atomic E-state index is 12.5. The minimum Gasteiger partial charge on any atom is -0.392 e. The fourth-order valence-corrected chi connectivity index (χ4v) is 4.39. The first kappa shape index (κ1) is 25.3. The number of hydrogen-bond donors (Lipinski definition) is 5. The van der Waals surface area contributed by atoms with Crippen molar-refractivity contribution in [3.8, 4) is 0 Å². The van der Waals surface area contributed by atoms with E-state index in [0.29, 0.717) is 36.7 Å². The van der Waals surface area contributed by atoms with E-state index in [1.807, 2.05) is 5.38 Å². The highest BCUT2D eigenvalue weighted by Crippen LogP contribution is 2.28. The molecule has 0 aliphatic heterocycles. The van der Waals surface area contributed by atoms with Crippen LogP contribution in [0.5, 0.6) is 0 Å². The summed E-state index contributed by atoms with van der Waals surface area (Å²) in [5.74, 6) is 0.130. The number of rotatable bonds is 12. The average molecular weight is 453 g/mol. The van der Waals surface area contributed by atoms with Gasteiger partial charge in [-0.15, -0.1) is 11.3 Å². The number of carbonyl (C=O) groups is 3. The Morgan fingerprint density at radius 3 is 2.55 bits per heavy atom. The lowest BCUT2D eigenvalue weighted by molar-refractivity contribution is -0.126. The van der Waals surface area contributed by atoms with Crippen molar-refractivity contribution in [2.45, 2.75) is 64.0 Å². The van der Waals surface area contributed by atoms with Gasteiger partial charge < -0.3 is 26.8 Å². The molecule has 2 atom stereocenters. The van der Waals surface area contributed by atoms with E-state index in [4.69, 9.17) is 5.73 Å². The van der Waals surface area contributed by atoms with Gasteiger partial charge in [0, 0.05) is 19.0 Å². The summed E-state index contributed by atoms with van der Waals surface area (Å²) in [5, 5.41) is 19.7. The molecule has 0 spiro atoms. The second-order valence-electron chi connectivity index (χ2n) is 8.34. The third-order valence-corrected chi connectivity index (χ3v) is 6.58. The van der Waals surface area contributed by atoms with Gasteiger partial charge >= 0.3 is 0 Å². The molecule has 2 rings (SSSR count). The largest absolute Gasteiger partial charge is 0.392 e. The standard InChI is InChI=1S/C22H36N4O4S/c1-15(27)14-25-21(29)18(26-22(30)19-6-4-12-31-19)5-2-3-11-24-20(28)17-9-7-16(13-23)8-10-17/h4,6,12,15-18,27H,2-3,5,7-11,13-14,23H2,1H3,(H,24,28)(H,25,29)(H,26,30)/t15-,16?,17?,18?/m1/s1. The number of unbranched alkanes of at least 4 members (excludes halogenated alkanes) is 1. The van der Waals surface area contributed by atoms with Gasteiger partial charge in [0.15, 0.2) is 0 Å². The Morgan fingerprint density at radius 2 is 1.94 bits per heavy atom. The molecule has 3 amide bonds. The molecule has 1 unspecified atom stereocenters. The maximum absolute atomic E-state index is 12.5. The lowest BCUT2D eigenvalue weighted by Gasteiger charge is -2.26. The fourth-order valence-electron chi connectivity index (χ4n) is 3.77. The second kappa shape index (κ2) is 13.4. The minimum absolute atomic E-state index is 0.0758. The van der Waals surface area contributed by atoms with Gasteiger partial charge in [-0.3, -0.25) is 14.4 Å². The van der Waals surface area contributed by atoms with Crippen molar-refractivity contribution < 1.29 is 19.5 Å². The highest BCUT2D eigenvalue weighted by atomic mass is 32.1. The van der Waals surface area contributed by atoms with Gasteiger partial charge in [0.05, 0.1) is 11.0 Å². The molecule has 9 heteroatoms. The van der Waals surface area contributed by atoms with Crippen molar-refractivity contribution in [2.24, 2.45) is 17.6 Å². The lowest BCUT2D eigenvalue weighted by atomic mass is 9.81. The monoisotopic (exact) mass is 452 g/mol. The van der Waals surface area contributed by atoms with Crippen molar-refractivity contribution in [3.05, 3.63) is 22.4 Å². The van der Waals surface area contributed by atoms with Crippen molar-refractivity contribution in [1.29, 1.82) is 0 Å². The number of hydrogen-bond acceptors (Lipinski definition) is 6. The van der Waals surface area contributed by atoms with Gasteiger partial charge in [-0.1, -0.05) is 6.07 Å². The summed E-state index contributed by atoms with van der Waals surface area (Å²) in [5.41, 5.74) is 5.71. The van der Waals surface area contributed by atoms with E-state index in [2.05, 4.69) is 16.0 Å². The Labute approximate surface area is 188 Å². The first-order valence-electron chi connectivity index (χ1n) is 11.2. The predicted octanol–water partition coefficient (Wildman–Crippen LogP) is 1.40. The van der Waals surface area contributed by atoms with Gasteiger partial charge in [0.1, 0.15) is 6.04 Å². The van der Waals surface area contributed by atoms with E-state index in [0.717, 1.165) is 32.1 Å². The SMILES string of the molecule is C[C@@H](O)CNC(=O)C(CCCCNC(=O)C1CCC(CN)CC1)NC(=O)c1cccs1. The molecule has 174 valence electrons. The summed E-state index contributed by atoms with van der Waals surface area (Å²) < 4.78 is 0. The fraction of sp³-hybridized carbons (Fsp3) is 0.682. The van der Waals surface area contributed by atoms with Crippen LogP contribution in [0.2, 0.25) is 0 Å². The van der Waals surface area contributed by atoms with Gasteiger partial charge in [-0.25, -0.2) is 0 Å². The molecule has 1 aliphatic carbocycles. The Morgan fingerprint density at radius 1 is 1.19 bits per heavy atom. The highest BCUT2D eigenvalue weighted by Gasteiger charge is 2.25. The molecule has 0 radical (unpaired) electrons. The van der Waals surface area contributed by atoms with Gasteiger partial charge in [-0.05, 0) is 75.8 Å². The van der Waals surface area contributed by atoms with Crippen LogP contribution in [0, 0.1) is 11.8 Å². The van der Waals surface area contributed by atoms with E-state index in [1.165, 1.54) is 11.3 Å². The molecule has 0 saturated heterocycles. The van der Waals surface area contributed by atoms with Crippen LogP contribution in [-0.4, -0.2) is 54.6 Å². The normalized spacial score (nSPS) is 20.5. The third kappa shape index (κ3) is 8.96. The number of thiophene rings is 1. The summed E-state index contributed by atoms with van der Waals surface area (Å²) >= 11 is 1.31. The van der Waals surface area contributed by atoms with Gasteiger partial charge in [0.2, 0.25) is 11.8 Å². The predicted molar refractivity (Wildman–Crippen MR) is 122 cm³/mol. The maximum Gasteiger partial charge on any atom is 0.261 e. The summed E-state index contributed by atoms with van der Waals surface area (Å²) in [6.07, 6.45) is 5.02. The van der Waals surface area contributed by atoms with Crippen LogP contribution in [-0.2, 0) is 9.59 Å². The smallest absolute Gasteiger partial charge is 0.261 e. The van der Waals surface area contributed by atoms with E-state index >= 15 is 0 Å². The zero-order valence-corrected chi connectivity index (χ0v) is 19.1. The van der Waals surface area contributed by atoms with Crippen LogP contribution in [0.1, 0.15) is 61.5 Å². The summed E-state index contributed by atoms with van der Waals surface area (Å²) in [6, 6.07) is 2.81. The number of nitrogens with two attached hydrogens (primary N) is 1. The van der Waals surface area contributed by atoms with Crippen LogP contribution >= 0.6 is 11.3 Å². The minimum atomic E-state index is -0.685. The Hall–Kier alpha value is -1.97. The van der Waals surface area contributed by atoms with Crippen LogP contribution in [0.15, 0.2) is 17.5 Å². The zero-order valence-electron chi connectivity index (χ0n) is 18.3. The number of amides is 3. The average Bonchev–Trinajstić information content (AvgIpc) is 3.31. The second-order valence-corrected chi connectivity index (χ2v) is 9.29. The number of carbonyl (C=O) groups excluding carboxylic acids is 3. The Kier molecular flexibility index (Phi) is 11.0. The van der Waals surface area contributed by atoms with E-state index in [1.54, 1.807) is 19.1 Å². The summed E-state index contributed by atoms with van der Waals surface area (Å²) in [7, 11) is 0. The lowest BCUT2D eigenvalue weighted by Crippen LogP contribution is -2.48. The first-order chi connectivity index (χ1) is 14.9. The highest BCUT2D eigenvalue weighted by molar-refractivity contribution is 7.12. The number of nitrogens with one attached hydrogen (secondary N) is 3. The first-order valence-corrected chi connectivity index (χ1v) is 12.1. The summed E-state index contributed by atoms with van der Waals surface area (Å²) in [4.78, 5) is 37.7. The topological polar surface area (TPSA) is 134 Å². The van der Waals surface area contributed by atoms with Crippen molar-refractivity contribution >= 4 is 29.1 Å². The van der Waals surface area contributed by atoms with Crippen molar-refractivity contribution in [2.75, 3.05) is 19.6 Å². The molecule has 1 fully saturated rings. The van der Waals surface area contributed by atoms with Crippen LogP contribution < -0.4 is 21.7 Å². The molecule has 1 heterocycles. The van der Waals surface area contributed by atoms with Crippen LogP contribution in [0.25, 0.3) is 0 Å². The quantitative estimate of drug-likeness (QED) is 0.306.